The van der Waals surface area contributed by atoms with E-state index in [-0.39, 0.29) is 6.04 Å². The normalized spacial score (nSPS) is 16.9. The summed E-state index contributed by atoms with van der Waals surface area (Å²) in [5, 5.41) is 4.63. The molecule has 2 aromatic carbocycles. The van der Waals surface area contributed by atoms with E-state index in [1.165, 1.54) is 0 Å². The van der Waals surface area contributed by atoms with Crippen molar-refractivity contribution in [2.75, 3.05) is 12.3 Å². The third-order valence-corrected chi connectivity index (χ3v) is 8.68. The molecule has 0 spiro atoms. The van der Waals surface area contributed by atoms with Gasteiger partial charge in [0.05, 0.1) is 23.7 Å². The molecule has 1 saturated carbocycles. The second kappa shape index (κ2) is 11.2. The molecule has 3 N–H and O–H groups in total. The first kappa shape index (κ1) is 26.9. The van der Waals surface area contributed by atoms with Gasteiger partial charge in [-0.15, -0.1) is 0 Å². The van der Waals surface area contributed by atoms with Crippen LogP contribution < -0.4 is 15.3 Å². The summed E-state index contributed by atoms with van der Waals surface area (Å²) in [7, 11) is -3.75. The van der Waals surface area contributed by atoms with Crippen LogP contribution in [0.25, 0.3) is 21.9 Å². The van der Waals surface area contributed by atoms with E-state index >= 15 is 0 Å². The Bertz CT molecular complexity index is 1470. The number of rotatable bonds is 12. The predicted octanol–water partition coefficient (Wildman–Crippen LogP) is 6.34. The number of benzene rings is 2. The first-order chi connectivity index (χ1) is 18.3. The number of imidazole rings is 1. The molecule has 11 heteroatoms. The Morgan fingerprint density at radius 1 is 1.16 bits per heavy atom. The van der Waals surface area contributed by atoms with Crippen molar-refractivity contribution in [1.82, 2.24) is 19.6 Å². The fourth-order valence-corrected chi connectivity index (χ4v) is 6.53. The smallest absolute Gasteiger partial charge is 0.413 e. The Balaban J connectivity index is 1.48. The second-order valence-corrected chi connectivity index (χ2v) is 11.8. The minimum Gasteiger partial charge on any atom is -0.413 e. The van der Waals surface area contributed by atoms with Gasteiger partial charge in [0.2, 0.25) is 0 Å². The van der Waals surface area contributed by atoms with E-state index in [0.29, 0.717) is 53.6 Å². The maximum atomic E-state index is 14.1. The SMILES string of the molecule is CCOCc1nc2c(N)nc3ccccc3c2n1C[C@@H](C)O[P@@](=O)(N[C@@H](C)C1CC1)Oc1ccc(Cl)cc1. The molecule has 2 aromatic heterocycles. The van der Waals surface area contributed by atoms with Crippen LogP contribution in [0.5, 0.6) is 5.75 Å². The van der Waals surface area contributed by atoms with Crippen LogP contribution in [0.15, 0.2) is 48.5 Å². The molecule has 1 fully saturated rings. The molecule has 202 valence electrons. The number of nitrogen functional groups attached to an aromatic ring is 1. The molecule has 0 saturated heterocycles. The Morgan fingerprint density at radius 2 is 1.89 bits per heavy atom. The lowest BCUT2D eigenvalue weighted by molar-refractivity contribution is 0.121. The minimum atomic E-state index is -3.75. The van der Waals surface area contributed by atoms with Gasteiger partial charge in [-0.25, -0.2) is 19.6 Å². The molecule has 9 nitrogen and oxygen atoms in total. The van der Waals surface area contributed by atoms with Gasteiger partial charge in [-0.2, -0.15) is 0 Å². The predicted molar refractivity (Wildman–Crippen MR) is 150 cm³/mol. The lowest BCUT2D eigenvalue weighted by Crippen LogP contribution is -2.30. The molecular weight excluding hydrogens is 525 g/mol. The number of aromatic nitrogens is 3. The summed E-state index contributed by atoms with van der Waals surface area (Å²) in [6.45, 7) is 6.98. The number of nitrogens with two attached hydrogens (primary N) is 1. The first-order valence-electron chi connectivity index (χ1n) is 12.9. The van der Waals surface area contributed by atoms with Crippen LogP contribution in [0.2, 0.25) is 5.02 Å². The number of halogens is 1. The Kier molecular flexibility index (Phi) is 7.93. The Morgan fingerprint density at radius 3 is 2.61 bits per heavy atom. The molecule has 0 amide bonds. The van der Waals surface area contributed by atoms with Gasteiger partial charge in [-0.1, -0.05) is 29.8 Å². The van der Waals surface area contributed by atoms with Crippen LogP contribution in [0, 0.1) is 5.92 Å². The van der Waals surface area contributed by atoms with Crippen molar-refractivity contribution in [3.8, 4) is 5.75 Å². The van der Waals surface area contributed by atoms with Crippen molar-refractivity contribution in [3.63, 3.8) is 0 Å². The standard InChI is InChI=1S/C27H33ClN5O4P/c1-4-35-16-24-31-25-26(22-7-5-6-8-23(22)30-27(25)29)33(24)15-17(2)36-38(34,32-18(3)19-9-10-19)37-21-13-11-20(28)12-14-21/h5-8,11-14,17-19H,4,9-10,15-16H2,1-3H3,(H2,29,30)(H,32,34)/t17-,18+,38+/m1/s1. The Hall–Kier alpha value is -2.68. The van der Waals surface area contributed by atoms with Crippen molar-refractivity contribution in [1.29, 1.82) is 0 Å². The number of anilines is 1. The topological polar surface area (TPSA) is 114 Å². The summed E-state index contributed by atoms with van der Waals surface area (Å²) in [5.74, 6) is 1.90. The van der Waals surface area contributed by atoms with Gasteiger partial charge in [0, 0.05) is 23.1 Å². The third kappa shape index (κ3) is 5.98. The van der Waals surface area contributed by atoms with Crippen molar-refractivity contribution in [2.45, 2.75) is 58.9 Å². The molecule has 5 rings (SSSR count). The first-order valence-corrected chi connectivity index (χ1v) is 14.8. The molecule has 38 heavy (non-hydrogen) atoms. The summed E-state index contributed by atoms with van der Waals surface area (Å²) < 4.78 is 33.9. The largest absolute Gasteiger partial charge is 0.459 e. The second-order valence-electron chi connectivity index (χ2n) is 9.70. The van der Waals surface area contributed by atoms with Crippen molar-refractivity contribution >= 4 is 47.1 Å². The zero-order chi connectivity index (χ0) is 26.9. The quantitative estimate of drug-likeness (QED) is 0.194. The van der Waals surface area contributed by atoms with Crippen LogP contribution >= 0.6 is 19.3 Å². The number of fused-ring (bicyclic) bond motifs is 3. The van der Waals surface area contributed by atoms with E-state index in [0.717, 1.165) is 29.3 Å². The van der Waals surface area contributed by atoms with Crippen LogP contribution in [0.1, 0.15) is 39.4 Å². The summed E-state index contributed by atoms with van der Waals surface area (Å²) in [6, 6.07) is 14.5. The fourth-order valence-electron chi connectivity index (χ4n) is 4.60. The molecule has 4 aromatic rings. The van der Waals surface area contributed by atoms with Gasteiger partial charge in [0.25, 0.3) is 0 Å². The van der Waals surface area contributed by atoms with E-state index in [9.17, 15) is 4.57 Å². The van der Waals surface area contributed by atoms with Gasteiger partial charge < -0.3 is 19.6 Å². The van der Waals surface area contributed by atoms with Gasteiger partial charge in [-0.05, 0) is 69.9 Å². The fraction of sp³-hybridized carbons (Fsp3) is 0.407. The van der Waals surface area contributed by atoms with E-state index in [2.05, 4.69) is 10.1 Å². The van der Waals surface area contributed by atoms with E-state index in [1.807, 2.05) is 49.6 Å². The Labute approximate surface area is 227 Å². The minimum absolute atomic E-state index is 0.0160. The number of nitrogens with zero attached hydrogens (tertiary/aromatic N) is 3. The van der Waals surface area contributed by atoms with Gasteiger partial charge in [0.1, 0.15) is 23.7 Å². The molecule has 0 aliphatic heterocycles. The molecule has 0 radical (unpaired) electrons. The van der Waals surface area contributed by atoms with Crippen LogP contribution in [0.3, 0.4) is 0 Å². The summed E-state index contributed by atoms with van der Waals surface area (Å²) in [6.07, 6.45) is 1.67. The van der Waals surface area contributed by atoms with Gasteiger partial charge >= 0.3 is 7.75 Å². The lowest BCUT2D eigenvalue weighted by atomic mass is 10.2. The number of pyridine rings is 1. The van der Waals surface area contributed by atoms with Crippen molar-refractivity contribution < 1.29 is 18.3 Å². The molecule has 3 atom stereocenters. The van der Waals surface area contributed by atoms with Crippen LogP contribution in [0.4, 0.5) is 5.82 Å². The summed E-state index contributed by atoms with van der Waals surface area (Å²) in [5.41, 5.74) is 8.52. The van der Waals surface area contributed by atoms with Crippen molar-refractivity contribution in [2.24, 2.45) is 5.92 Å². The highest BCUT2D eigenvalue weighted by Crippen LogP contribution is 2.48. The number of nitrogens with one attached hydrogen (secondary N) is 1. The van der Waals surface area contributed by atoms with Gasteiger partial charge in [0.15, 0.2) is 5.82 Å². The molecule has 2 heterocycles. The number of para-hydroxylation sites is 1. The maximum absolute atomic E-state index is 14.1. The van der Waals surface area contributed by atoms with Crippen LogP contribution in [-0.4, -0.2) is 33.3 Å². The highest BCUT2D eigenvalue weighted by molar-refractivity contribution is 7.52. The van der Waals surface area contributed by atoms with Crippen LogP contribution in [-0.2, 0) is 27.0 Å². The highest BCUT2D eigenvalue weighted by atomic mass is 35.5. The molecule has 0 bridgehead atoms. The molecule has 1 aliphatic carbocycles. The summed E-state index contributed by atoms with van der Waals surface area (Å²) >= 11 is 6.03. The monoisotopic (exact) mass is 557 g/mol. The average molecular weight is 558 g/mol. The zero-order valence-corrected chi connectivity index (χ0v) is 23.4. The van der Waals surface area contributed by atoms with E-state index < -0.39 is 13.9 Å². The van der Waals surface area contributed by atoms with Gasteiger partial charge in [-0.3, -0.25) is 4.52 Å². The summed E-state index contributed by atoms with van der Waals surface area (Å²) in [4.78, 5) is 9.30. The average Bonchev–Trinajstić information content (AvgIpc) is 3.67. The number of ether oxygens (including phenoxy) is 1. The van der Waals surface area contributed by atoms with Crippen molar-refractivity contribution in [3.05, 3.63) is 59.4 Å². The van der Waals surface area contributed by atoms with E-state index in [4.69, 9.17) is 36.1 Å². The zero-order valence-electron chi connectivity index (χ0n) is 21.8. The molecule has 1 aliphatic rings. The molecule has 0 unspecified atom stereocenters. The lowest BCUT2D eigenvalue weighted by Gasteiger charge is -2.27. The maximum Gasteiger partial charge on any atom is 0.459 e. The highest BCUT2D eigenvalue weighted by Gasteiger charge is 2.37. The number of hydrogen-bond acceptors (Lipinski definition) is 7. The third-order valence-electron chi connectivity index (χ3n) is 6.61. The number of hydrogen-bond donors (Lipinski definition) is 2. The van der Waals surface area contributed by atoms with E-state index in [1.54, 1.807) is 24.3 Å². The molecular formula is C27H33ClN5O4P.